The zero-order chi connectivity index (χ0) is 19.5. The molecule has 3 heterocycles. The SMILES string of the molecule is O=C(CN1CCCCCCC1=O)N1CC=C(c2c[nH]c3cc(F)ccc23)CC1. The molecule has 0 radical (unpaired) electrons. The van der Waals surface area contributed by atoms with Crippen LogP contribution in [-0.2, 0) is 9.59 Å². The van der Waals surface area contributed by atoms with Gasteiger partial charge in [0.2, 0.25) is 11.8 Å². The summed E-state index contributed by atoms with van der Waals surface area (Å²) in [7, 11) is 0. The minimum absolute atomic E-state index is 0.0187. The molecule has 2 aliphatic rings. The van der Waals surface area contributed by atoms with Gasteiger partial charge in [-0.15, -0.1) is 0 Å². The molecule has 0 bridgehead atoms. The Morgan fingerprint density at radius 2 is 1.96 bits per heavy atom. The fourth-order valence-electron chi connectivity index (χ4n) is 4.15. The fraction of sp³-hybridized carbons (Fsp3) is 0.455. The molecular weight excluding hydrogens is 357 g/mol. The molecule has 4 rings (SSSR count). The highest BCUT2D eigenvalue weighted by atomic mass is 19.1. The topological polar surface area (TPSA) is 56.4 Å². The lowest BCUT2D eigenvalue weighted by atomic mass is 9.99. The third-order valence-corrected chi connectivity index (χ3v) is 5.80. The average Bonchev–Trinajstić information content (AvgIpc) is 3.10. The highest BCUT2D eigenvalue weighted by molar-refractivity contribution is 5.93. The fourth-order valence-corrected chi connectivity index (χ4v) is 4.15. The van der Waals surface area contributed by atoms with E-state index < -0.39 is 0 Å². The summed E-state index contributed by atoms with van der Waals surface area (Å²) in [5.74, 6) is -0.133. The third-order valence-electron chi connectivity index (χ3n) is 5.80. The number of nitrogens with one attached hydrogen (secondary N) is 1. The molecule has 28 heavy (non-hydrogen) atoms. The monoisotopic (exact) mass is 383 g/mol. The van der Waals surface area contributed by atoms with Gasteiger partial charge in [0.1, 0.15) is 5.82 Å². The molecule has 2 aliphatic heterocycles. The number of hydrogen-bond acceptors (Lipinski definition) is 2. The van der Waals surface area contributed by atoms with E-state index in [0.29, 0.717) is 26.1 Å². The summed E-state index contributed by atoms with van der Waals surface area (Å²) >= 11 is 0. The number of halogens is 1. The van der Waals surface area contributed by atoms with E-state index in [-0.39, 0.29) is 24.2 Å². The Balaban J connectivity index is 1.41. The van der Waals surface area contributed by atoms with Crippen molar-refractivity contribution in [1.82, 2.24) is 14.8 Å². The average molecular weight is 383 g/mol. The largest absolute Gasteiger partial charge is 0.360 e. The summed E-state index contributed by atoms with van der Waals surface area (Å²) in [6, 6.07) is 4.76. The summed E-state index contributed by atoms with van der Waals surface area (Å²) in [6.07, 6.45) is 9.42. The van der Waals surface area contributed by atoms with Crippen molar-refractivity contribution in [3.8, 4) is 0 Å². The van der Waals surface area contributed by atoms with Crippen LogP contribution in [0.15, 0.2) is 30.5 Å². The second kappa shape index (κ2) is 8.17. The molecule has 6 heteroatoms. The van der Waals surface area contributed by atoms with Gasteiger partial charge in [-0.1, -0.05) is 18.9 Å². The standard InChI is InChI=1S/C22H26FN3O2/c23-17-6-7-18-19(14-24-20(18)13-17)16-8-11-25(12-9-16)22(28)15-26-10-4-2-1-3-5-21(26)27/h6-8,13-14,24H,1-5,9-12,15H2. The highest BCUT2D eigenvalue weighted by Crippen LogP contribution is 2.29. The quantitative estimate of drug-likeness (QED) is 0.878. The van der Waals surface area contributed by atoms with Crippen LogP contribution in [-0.4, -0.2) is 52.8 Å². The van der Waals surface area contributed by atoms with Crippen molar-refractivity contribution in [2.45, 2.75) is 38.5 Å². The van der Waals surface area contributed by atoms with E-state index in [1.807, 2.05) is 11.1 Å². The van der Waals surface area contributed by atoms with Crippen LogP contribution in [0.3, 0.4) is 0 Å². The van der Waals surface area contributed by atoms with Gasteiger partial charge in [0, 0.05) is 48.7 Å². The number of benzene rings is 1. The molecule has 0 spiro atoms. The van der Waals surface area contributed by atoms with Gasteiger partial charge in [-0.3, -0.25) is 9.59 Å². The Labute approximate surface area is 164 Å². The highest BCUT2D eigenvalue weighted by Gasteiger charge is 2.24. The maximum Gasteiger partial charge on any atom is 0.242 e. The molecule has 1 fully saturated rings. The van der Waals surface area contributed by atoms with Gasteiger partial charge in [-0.25, -0.2) is 4.39 Å². The van der Waals surface area contributed by atoms with Crippen molar-refractivity contribution in [3.05, 3.63) is 41.9 Å². The number of hydrogen-bond donors (Lipinski definition) is 1. The smallest absolute Gasteiger partial charge is 0.242 e. The van der Waals surface area contributed by atoms with Crippen LogP contribution in [0.4, 0.5) is 4.39 Å². The molecule has 0 unspecified atom stereocenters. The van der Waals surface area contributed by atoms with Crippen LogP contribution < -0.4 is 0 Å². The Morgan fingerprint density at radius 3 is 2.79 bits per heavy atom. The lowest BCUT2D eigenvalue weighted by Gasteiger charge is -2.30. The van der Waals surface area contributed by atoms with E-state index in [2.05, 4.69) is 11.1 Å². The van der Waals surface area contributed by atoms with Gasteiger partial charge in [0.25, 0.3) is 0 Å². The summed E-state index contributed by atoms with van der Waals surface area (Å²) in [5.41, 5.74) is 3.02. The number of likely N-dealkylation sites (tertiary alicyclic amines) is 1. The second-order valence-corrected chi connectivity index (χ2v) is 7.69. The minimum atomic E-state index is -0.256. The number of rotatable bonds is 3. The number of carbonyl (C=O) groups is 2. The summed E-state index contributed by atoms with van der Waals surface area (Å²) < 4.78 is 13.4. The Kier molecular flexibility index (Phi) is 5.46. The number of carbonyl (C=O) groups excluding carboxylic acids is 2. The normalized spacial score (nSPS) is 18.8. The van der Waals surface area contributed by atoms with Crippen molar-refractivity contribution >= 4 is 28.3 Å². The van der Waals surface area contributed by atoms with Crippen LogP contribution in [0.2, 0.25) is 0 Å². The maximum absolute atomic E-state index is 13.4. The van der Waals surface area contributed by atoms with Gasteiger partial charge in [0.05, 0.1) is 6.54 Å². The van der Waals surface area contributed by atoms with Crippen molar-refractivity contribution < 1.29 is 14.0 Å². The summed E-state index contributed by atoms with van der Waals surface area (Å²) in [5, 5.41) is 0.999. The first kappa shape index (κ1) is 18.7. The second-order valence-electron chi connectivity index (χ2n) is 7.69. The molecule has 1 N–H and O–H groups in total. The number of amides is 2. The Bertz CT molecular complexity index is 918. The molecule has 5 nitrogen and oxygen atoms in total. The Hall–Kier alpha value is -2.63. The van der Waals surface area contributed by atoms with Crippen molar-refractivity contribution in [3.63, 3.8) is 0 Å². The lowest BCUT2D eigenvalue weighted by molar-refractivity contribution is -0.140. The van der Waals surface area contributed by atoms with Crippen molar-refractivity contribution in [2.75, 3.05) is 26.2 Å². The van der Waals surface area contributed by atoms with E-state index >= 15 is 0 Å². The van der Waals surface area contributed by atoms with Crippen LogP contribution in [0.25, 0.3) is 16.5 Å². The molecule has 1 aromatic heterocycles. The zero-order valence-electron chi connectivity index (χ0n) is 16.0. The maximum atomic E-state index is 13.4. The molecule has 148 valence electrons. The van der Waals surface area contributed by atoms with Gasteiger partial charge in [-0.2, -0.15) is 0 Å². The predicted octanol–water partition coefficient (Wildman–Crippen LogP) is 3.72. The van der Waals surface area contributed by atoms with Crippen LogP contribution >= 0.6 is 0 Å². The van der Waals surface area contributed by atoms with Crippen molar-refractivity contribution in [2.24, 2.45) is 0 Å². The summed E-state index contributed by atoms with van der Waals surface area (Å²) in [6.45, 7) is 2.06. The van der Waals surface area contributed by atoms with Crippen LogP contribution in [0.5, 0.6) is 0 Å². The first-order valence-electron chi connectivity index (χ1n) is 10.1. The van der Waals surface area contributed by atoms with E-state index in [1.165, 1.54) is 17.7 Å². The first-order chi connectivity index (χ1) is 13.6. The molecular formula is C22H26FN3O2. The van der Waals surface area contributed by atoms with E-state index in [0.717, 1.165) is 48.6 Å². The molecule has 1 aromatic carbocycles. The minimum Gasteiger partial charge on any atom is -0.360 e. The molecule has 0 atom stereocenters. The number of aromatic amines is 1. The van der Waals surface area contributed by atoms with Gasteiger partial charge < -0.3 is 14.8 Å². The van der Waals surface area contributed by atoms with E-state index in [4.69, 9.17) is 0 Å². The van der Waals surface area contributed by atoms with Gasteiger partial charge in [0.15, 0.2) is 0 Å². The summed E-state index contributed by atoms with van der Waals surface area (Å²) in [4.78, 5) is 31.6. The lowest BCUT2D eigenvalue weighted by Crippen LogP contribution is -2.44. The van der Waals surface area contributed by atoms with Crippen LogP contribution in [0.1, 0.15) is 44.1 Å². The van der Waals surface area contributed by atoms with Crippen LogP contribution in [0, 0.1) is 5.82 Å². The first-order valence-corrected chi connectivity index (χ1v) is 10.1. The Morgan fingerprint density at radius 1 is 1.11 bits per heavy atom. The molecule has 2 amide bonds. The van der Waals surface area contributed by atoms with E-state index in [1.54, 1.807) is 11.0 Å². The molecule has 2 aromatic rings. The van der Waals surface area contributed by atoms with E-state index in [9.17, 15) is 14.0 Å². The van der Waals surface area contributed by atoms with Gasteiger partial charge >= 0.3 is 0 Å². The van der Waals surface area contributed by atoms with Gasteiger partial charge in [-0.05, 0) is 43.0 Å². The molecule has 0 saturated carbocycles. The van der Waals surface area contributed by atoms with Crippen molar-refractivity contribution in [1.29, 1.82) is 0 Å². The third kappa shape index (κ3) is 3.96. The zero-order valence-corrected chi connectivity index (χ0v) is 16.0. The number of fused-ring (bicyclic) bond motifs is 1. The number of aromatic nitrogens is 1. The predicted molar refractivity (Wildman–Crippen MR) is 107 cm³/mol. The number of H-pyrrole nitrogens is 1. The molecule has 1 saturated heterocycles. The number of nitrogens with zero attached hydrogens (tertiary/aromatic N) is 2. The molecule has 0 aliphatic carbocycles.